The first kappa shape index (κ1) is 22.2. The monoisotopic (exact) mass is 476 g/mol. The van der Waals surface area contributed by atoms with Crippen LogP contribution in [0.15, 0.2) is 41.3 Å². The molecule has 156 valence electrons. The van der Waals surface area contributed by atoms with Crippen molar-refractivity contribution in [3.05, 3.63) is 57.0 Å². The van der Waals surface area contributed by atoms with Crippen LogP contribution in [-0.2, 0) is 14.8 Å². The van der Waals surface area contributed by atoms with E-state index in [1.54, 1.807) is 4.90 Å². The Labute approximate surface area is 184 Å². The Morgan fingerprint density at radius 1 is 1.03 bits per heavy atom. The predicted octanol–water partition coefficient (Wildman–Crippen LogP) is 4.70. The molecule has 1 aliphatic rings. The number of anilines is 1. The Balaban J connectivity index is 1.92. The minimum atomic E-state index is -4.11. The Bertz CT molecular complexity index is 1040. The standard InChI is InChI=1S/C19H19Cl3N2O4S/c1-11-9-24(10-12(2)28-11)19(25)13-3-5-16(22)18(7-13)29(26,27)23-17-8-14(20)4-6-15(17)21/h3-8,11-12,23H,9-10H2,1-2H3. The minimum absolute atomic E-state index is 0.0177. The number of nitrogens with one attached hydrogen (secondary N) is 1. The molecule has 1 saturated heterocycles. The smallest absolute Gasteiger partial charge is 0.263 e. The zero-order valence-electron chi connectivity index (χ0n) is 15.7. The van der Waals surface area contributed by atoms with Gasteiger partial charge in [-0.25, -0.2) is 8.42 Å². The van der Waals surface area contributed by atoms with Crippen LogP contribution in [0, 0.1) is 0 Å². The number of amides is 1. The number of hydrogen-bond donors (Lipinski definition) is 1. The minimum Gasteiger partial charge on any atom is -0.372 e. The molecule has 6 nitrogen and oxygen atoms in total. The SMILES string of the molecule is CC1CN(C(=O)c2ccc(Cl)c(S(=O)(=O)Nc3cc(Cl)ccc3Cl)c2)CC(C)O1. The quantitative estimate of drug-likeness (QED) is 0.693. The first-order chi connectivity index (χ1) is 13.6. The summed E-state index contributed by atoms with van der Waals surface area (Å²) in [6, 6.07) is 8.55. The van der Waals surface area contributed by atoms with Crippen molar-refractivity contribution >= 4 is 56.4 Å². The van der Waals surface area contributed by atoms with Crippen LogP contribution in [0.5, 0.6) is 0 Å². The summed E-state index contributed by atoms with van der Waals surface area (Å²) in [5, 5.41) is 0.478. The van der Waals surface area contributed by atoms with E-state index in [1.807, 2.05) is 13.8 Å². The number of hydrogen-bond acceptors (Lipinski definition) is 4. The van der Waals surface area contributed by atoms with Crippen LogP contribution < -0.4 is 4.72 Å². The number of carbonyl (C=O) groups is 1. The normalized spacial score (nSPS) is 19.8. The van der Waals surface area contributed by atoms with Crippen molar-refractivity contribution in [2.75, 3.05) is 17.8 Å². The zero-order chi connectivity index (χ0) is 21.3. The van der Waals surface area contributed by atoms with E-state index in [4.69, 9.17) is 39.5 Å². The molecule has 2 unspecified atom stereocenters. The summed E-state index contributed by atoms with van der Waals surface area (Å²) in [5.74, 6) is -0.291. The van der Waals surface area contributed by atoms with Crippen molar-refractivity contribution < 1.29 is 17.9 Å². The van der Waals surface area contributed by atoms with E-state index in [9.17, 15) is 13.2 Å². The maximum atomic E-state index is 12.9. The molecule has 1 fully saturated rings. The van der Waals surface area contributed by atoms with E-state index in [0.717, 1.165) is 0 Å². The molecule has 0 radical (unpaired) electrons. The number of rotatable bonds is 4. The van der Waals surface area contributed by atoms with Gasteiger partial charge in [-0.15, -0.1) is 0 Å². The second kappa shape index (κ2) is 8.70. The summed E-state index contributed by atoms with van der Waals surface area (Å²) >= 11 is 18.1. The molecule has 0 saturated carbocycles. The van der Waals surface area contributed by atoms with Crippen LogP contribution in [0.4, 0.5) is 5.69 Å². The van der Waals surface area contributed by atoms with Crippen LogP contribution in [0.1, 0.15) is 24.2 Å². The topological polar surface area (TPSA) is 75.7 Å². The summed E-state index contributed by atoms with van der Waals surface area (Å²) in [7, 11) is -4.11. The number of sulfonamides is 1. The third kappa shape index (κ3) is 5.16. The van der Waals surface area contributed by atoms with Gasteiger partial charge >= 0.3 is 0 Å². The van der Waals surface area contributed by atoms with E-state index in [-0.39, 0.29) is 44.3 Å². The fraction of sp³-hybridized carbons (Fsp3) is 0.316. The molecular formula is C19H19Cl3N2O4S. The molecule has 29 heavy (non-hydrogen) atoms. The van der Waals surface area contributed by atoms with Gasteiger partial charge in [0.2, 0.25) is 0 Å². The second-order valence-electron chi connectivity index (χ2n) is 6.84. The number of nitrogens with zero attached hydrogens (tertiary/aromatic N) is 1. The van der Waals surface area contributed by atoms with Gasteiger partial charge in [-0.2, -0.15) is 0 Å². The zero-order valence-corrected chi connectivity index (χ0v) is 18.7. The van der Waals surface area contributed by atoms with Gasteiger partial charge in [0.15, 0.2) is 0 Å². The number of carbonyl (C=O) groups excluding carboxylic acids is 1. The molecule has 1 N–H and O–H groups in total. The van der Waals surface area contributed by atoms with E-state index in [1.165, 1.54) is 36.4 Å². The summed E-state index contributed by atoms with van der Waals surface area (Å²) in [6.45, 7) is 4.60. The molecule has 1 heterocycles. The van der Waals surface area contributed by atoms with Crippen molar-refractivity contribution in [3.63, 3.8) is 0 Å². The number of morpholine rings is 1. The Morgan fingerprint density at radius 2 is 1.66 bits per heavy atom. The van der Waals surface area contributed by atoms with Gasteiger partial charge in [-0.3, -0.25) is 9.52 Å². The highest BCUT2D eigenvalue weighted by Gasteiger charge is 2.28. The second-order valence-corrected chi connectivity index (χ2v) is 9.74. The molecule has 0 spiro atoms. The molecule has 0 bridgehead atoms. The molecule has 2 aromatic carbocycles. The molecule has 3 rings (SSSR count). The van der Waals surface area contributed by atoms with Crippen molar-refractivity contribution in [2.24, 2.45) is 0 Å². The van der Waals surface area contributed by atoms with Gasteiger partial charge in [-0.05, 0) is 50.2 Å². The Morgan fingerprint density at radius 3 is 2.31 bits per heavy atom. The van der Waals surface area contributed by atoms with Gasteiger partial charge in [0.05, 0.1) is 27.9 Å². The number of ether oxygens (including phenoxy) is 1. The predicted molar refractivity (Wildman–Crippen MR) is 115 cm³/mol. The lowest BCUT2D eigenvalue weighted by atomic mass is 10.1. The Hall–Kier alpha value is -1.51. The fourth-order valence-corrected chi connectivity index (χ4v) is 5.13. The summed E-state index contributed by atoms with van der Waals surface area (Å²) < 4.78 is 33.8. The number of halogens is 3. The van der Waals surface area contributed by atoms with Gasteiger partial charge in [0, 0.05) is 23.7 Å². The van der Waals surface area contributed by atoms with Crippen molar-refractivity contribution in [1.82, 2.24) is 4.90 Å². The van der Waals surface area contributed by atoms with Crippen molar-refractivity contribution in [2.45, 2.75) is 31.0 Å². The molecule has 2 atom stereocenters. The van der Waals surface area contributed by atoms with Gasteiger partial charge in [0.1, 0.15) is 4.90 Å². The third-order valence-corrected chi connectivity index (χ3v) is 6.76. The molecule has 0 aromatic heterocycles. The van der Waals surface area contributed by atoms with Crippen LogP contribution in [0.2, 0.25) is 15.1 Å². The lowest BCUT2D eigenvalue weighted by Gasteiger charge is -2.35. The molecule has 10 heteroatoms. The number of benzene rings is 2. The Kier molecular flexibility index (Phi) is 6.65. The van der Waals surface area contributed by atoms with E-state index >= 15 is 0 Å². The maximum Gasteiger partial charge on any atom is 0.263 e. The maximum absolute atomic E-state index is 12.9. The molecule has 1 amide bonds. The molecule has 1 aliphatic heterocycles. The van der Waals surface area contributed by atoms with E-state index in [2.05, 4.69) is 4.72 Å². The average molecular weight is 478 g/mol. The third-order valence-electron chi connectivity index (χ3n) is 4.35. The average Bonchev–Trinajstić information content (AvgIpc) is 2.63. The highest BCUT2D eigenvalue weighted by molar-refractivity contribution is 7.92. The summed E-state index contributed by atoms with van der Waals surface area (Å²) in [4.78, 5) is 14.3. The van der Waals surface area contributed by atoms with Crippen LogP contribution in [0.3, 0.4) is 0 Å². The van der Waals surface area contributed by atoms with Crippen LogP contribution >= 0.6 is 34.8 Å². The lowest BCUT2D eigenvalue weighted by molar-refractivity contribution is -0.0586. The highest BCUT2D eigenvalue weighted by atomic mass is 35.5. The van der Waals surface area contributed by atoms with Gasteiger partial charge in [-0.1, -0.05) is 34.8 Å². The first-order valence-electron chi connectivity index (χ1n) is 8.79. The van der Waals surface area contributed by atoms with Gasteiger partial charge < -0.3 is 9.64 Å². The van der Waals surface area contributed by atoms with E-state index in [0.29, 0.717) is 18.1 Å². The van der Waals surface area contributed by atoms with Gasteiger partial charge in [0.25, 0.3) is 15.9 Å². The molecular weight excluding hydrogens is 459 g/mol. The van der Waals surface area contributed by atoms with E-state index < -0.39 is 10.0 Å². The van der Waals surface area contributed by atoms with Crippen molar-refractivity contribution in [1.29, 1.82) is 0 Å². The molecule has 2 aromatic rings. The van der Waals surface area contributed by atoms with Crippen LogP contribution in [-0.4, -0.2) is 44.5 Å². The van der Waals surface area contributed by atoms with Crippen molar-refractivity contribution in [3.8, 4) is 0 Å². The fourth-order valence-electron chi connectivity index (χ4n) is 3.14. The lowest BCUT2D eigenvalue weighted by Crippen LogP contribution is -2.48. The first-order valence-corrected chi connectivity index (χ1v) is 11.4. The largest absolute Gasteiger partial charge is 0.372 e. The molecule has 0 aliphatic carbocycles. The highest BCUT2D eigenvalue weighted by Crippen LogP contribution is 2.30. The summed E-state index contributed by atoms with van der Waals surface area (Å²) in [6.07, 6.45) is -0.213. The van der Waals surface area contributed by atoms with Crippen LogP contribution in [0.25, 0.3) is 0 Å². The summed E-state index contributed by atoms with van der Waals surface area (Å²) in [5.41, 5.74) is 0.330.